The van der Waals surface area contributed by atoms with E-state index in [1.54, 1.807) is 0 Å². The first-order chi connectivity index (χ1) is 9.40. The molecular weight excluding hydrogens is 268 g/mol. The molecule has 2 rings (SSSR count). The van der Waals surface area contributed by atoms with Crippen LogP contribution in [0.4, 0.5) is 23.1 Å². The summed E-state index contributed by atoms with van der Waals surface area (Å²) >= 11 is 0. The number of rotatable bonds is 3. The Balaban J connectivity index is 2.71. The van der Waals surface area contributed by atoms with Gasteiger partial charge in [-0.3, -0.25) is 20.2 Å². The third-order valence-corrected chi connectivity index (χ3v) is 2.44. The lowest BCUT2D eigenvalue weighted by Crippen LogP contribution is -2.06. The molecule has 0 amide bonds. The molecule has 0 aliphatic rings. The van der Waals surface area contributed by atoms with Crippen molar-refractivity contribution in [3.63, 3.8) is 0 Å². The van der Waals surface area contributed by atoms with Gasteiger partial charge in [0.25, 0.3) is 5.69 Å². The lowest BCUT2D eigenvalue weighted by molar-refractivity contribution is -0.385. The van der Waals surface area contributed by atoms with Crippen LogP contribution >= 0.6 is 0 Å². The minimum absolute atomic E-state index is 0.159. The maximum absolute atomic E-state index is 11.0. The van der Waals surface area contributed by atoms with Crippen LogP contribution in [-0.2, 0) is 0 Å². The highest BCUT2D eigenvalue weighted by Gasteiger charge is 2.24. The molecule has 1 heterocycles. The number of hydrogen-bond acceptors (Lipinski definition) is 8. The minimum atomic E-state index is -0.761. The van der Waals surface area contributed by atoms with Crippen molar-refractivity contribution >= 4 is 23.1 Å². The van der Waals surface area contributed by atoms with E-state index in [0.29, 0.717) is 0 Å². The number of nitrogen functional groups attached to an aromatic ring is 2. The van der Waals surface area contributed by atoms with Gasteiger partial charge in [0.05, 0.1) is 9.85 Å². The van der Waals surface area contributed by atoms with Gasteiger partial charge in [-0.1, -0.05) is 12.1 Å². The van der Waals surface area contributed by atoms with Crippen LogP contribution in [0.3, 0.4) is 0 Å². The zero-order chi connectivity index (χ0) is 14.9. The van der Waals surface area contributed by atoms with E-state index in [9.17, 15) is 20.2 Å². The molecular formula is C10H8N6O4. The van der Waals surface area contributed by atoms with E-state index in [4.69, 9.17) is 11.5 Å². The maximum atomic E-state index is 11.0. The predicted octanol–water partition coefficient (Wildman–Crippen LogP) is 1.12. The van der Waals surface area contributed by atoms with Crippen molar-refractivity contribution in [3.05, 3.63) is 44.5 Å². The summed E-state index contributed by atoms with van der Waals surface area (Å²) in [4.78, 5) is 27.6. The summed E-state index contributed by atoms with van der Waals surface area (Å²) in [6.45, 7) is 0. The SMILES string of the molecule is Nc1nc(N)c([N+](=O)[O-])c(-c2cccc([N+](=O)[O-])c2)n1. The molecule has 4 N–H and O–H groups in total. The van der Waals surface area contributed by atoms with Gasteiger partial charge < -0.3 is 11.5 Å². The summed E-state index contributed by atoms with van der Waals surface area (Å²) in [5.74, 6) is -0.654. The van der Waals surface area contributed by atoms with Gasteiger partial charge in [0, 0.05) is 17.7 Å². The Morgan fingerprint density at radius 1 is 1.05 bits per heavy atom. The van der Waals surface area contributed by atoms with Crippen molar-refractivity contribution in [2.75, 3.05) is 11.5 Å². The number of benzene rings is 1. The molecule has 0 spiro atoms. The lowest BCUT2D eigenvalue weighted by Gasteiger charge is -2.05. The molecule has 0 aliphatic heterocycles. The van der Waals surface area contributed by atoms with E-state index >= 15 is 0 Å². The van der Waals surface area contributed by atoms with Crippen LogP contribution in [0.5, 0.6) is 0 Å². The molecule has 0 radical (unpaired) electrons. The number of nitro groups is 2. The third-order valence-electron chi connectivity index (χ3n) is 2.44. The van der Waals surface area contributed by atoms with Crippen LogP contribution in [0, 0.1) is 20.2 Å². The van der Waals surface area contributed by atoms with E-state index in [2.05, 4.69) is 9.97 Å². The molecule has 2 aromatic rings. The number of non-ortho nitro benzene ring substituents is 1. The van der Waals surface area contributed by atoms with Crippen molar-refractivity contribution in [1.82, 2.24) is 9.97 Å². The Hall–Kier alpha value is -3.30. The van der Waals surface area contributed by atoms with Gasteiger partial charge in [0.2, 0.25) is 11.8 Å². The highest BCUT2D eigenvalue weighted by molar-refractivity contribution is 5.78. The first kappa shape index (κ1) is 13.1. The standard InChI is InChI=1S/C10H8N6O4/c11-9-8(16(19)20)7(13-10(12)14-9)5-2-1-3-6(4-5)15(17)18/h1-4H,(H4,11,12,13,14). The molecule has 0 aliphatic carbocycles. The van der Waals surface area contributed by atoms with E-state index in [1.165, 1.54) is 18.2 Å². The van der Waals surface area contributed by atoms with Crippen LogP contribution in [-0.4, -0.2) is 19.8 Å². The van der Waals surface area contributed by atoms with Gasteiger partial charge in [-0.2, -0.15) is 4.98 Å². The van der Waals surface area contributed by atoms with Crippen molar-refractivity contribution in [2.45, 2.75) is 0 Å². The third kappa shape index (κ3) is 2.29. The van der Waals surface area contributed by atoms with Crippen LogP contribution in [0.15, 0.2) is 24.3 Å². The predicted molar refractivity (Wildman–Crippen MR) is 69.6 cm³/mol. The molecule has 1 aromatic carbocycles. The second-order valence-corrected chi connectivity index (χ2v) is 3.73. The van der Waals surface area contributed by atoms with Crippen LogP contribution < -0.4 is 11.5 Å². The number of nitrogens with two attached hydrogens (primary N) is 2. The molecule has 0 saturated carbocycles. The highest BCUT2D eigenvalue weighted by atomic mass is 16.6. The monoisotopic (exact) mass is 276 g/mol. The Morgan fingerprint density at radius 3 is 2.35 bits per heavy atom. The number of nitrogens with zero attached hydrogens (tertiary/aromatic N) is 4. The second kappa shape index (κ2) is 4.76. The quantitative estimate of drug-likeness (QED) is 0.621. The summed E-state index contributed by atoms with van der Waals surface area (Å²) in [6, 6.07) is 5.21. The molecule has 0 atom stereocenters. The Labute approximate surface area is 111 Å². The van der Waals surface area contributed by atoms with Crippen molar-refractivity contribution < 1.29 is 9.85 Å². The average molecular weight is 276 g/mol. The van der Waals surface area contributed by atoms with Gasteiger partial charge in [0.15, 0.2) is 5.69 Å². The van der Waals surface area contributed by atoms with Crippen LogP contribution in [0.1, 0.15) is 0 Å². The van der Waals surface area contributed by atoms with Gasteiger partial charge in [0.1, 0.15) is 0 Å². The number of anilines is 2. The topological polar surface area (TPSA) is 164 Å². The first-order valence-electron chi connectivity index (χ1n) is 5.22. The Kier molecular flexibility index (Phi) is 3.13. The average Bonchev–Trinajstić information content (AvgIpc) is 2.37. The van der Waals surface area contributed by atoms with Crippen LogP contribution in [0.25, 0.3) is 11.3 Å². The summed E-state index contributed by atoms with van der Waals surface area (Å²) in [5.41, 5.74) is 10.1. The van der Waals surface area contributed by atoms with E-state index in [1.807, 2.05) is 0 Å². The second-order valence-electron chi connectivity index (χ2n) is 3.73. The highest BCUT2D eigenvalue weighted by Crippen LogP contribution is 2.33. The van der Waals surface area contributed by atoms with Gasteiger partial charge in [-0.05, 0) is 0 Å². The van der Waals surface area contributed by atoms with Crippen LogP contribution in [0.2, 0.25) is 0 Å². The largest absolute Gasteiger partial charge is 0.378 e. The summed E-state index contributed by atoms with van der Waals surface area (Å²) < 4.78 is 0. The summed E-state index contributed by atoms with van der Waals surface area (Å²) in [6.07, 6.45) is 0. The summed E-state index contributed by atoms with van der Waals surface area (Å²) in [7, 11) is 0. The zero-order valence-corrected chi connectivity index (χ0v) is 9.89. The number of aromatic nitrogens is 2. The van der Waals surface area contributed by atoms with Crippen molar-refractivity contribution in [1.29, 1.82) is 0 Å². The van der Waals surface area contributed by atoms with Gasteiger partial charge in [-0.25, -0.2) is 4.98 Å². The fraction of sp³-hybridized carbons (Fsp3) is 0. The van der Waals surface area contributed by atoms with Crippen molar-refractivity contribution in [2.24, 2.45) is 0 Å². The molecule has 0 unspecified atom stereocenters. The maximum Gasteiger partial charge on any atom is 0.337 e. The zero-order valence-electron chi connectivity index (χ0n) is 9.89. The smallest absolute Gasteiger partial charge is 0.337 e. The van der Waals surface area contributed by atoms with Crippen molar-refractivity contribution in [3.8, 4) is 11.3 Å². The first-order valence-corrected chi connectivity index (χ1v) is 5.22. The fourth-order valence-corrected chi connectivity index (χ4v) is 1.64. The normalized spacial score (nSPS) is 10.2. The van der Waals surface area contributed by atoms with Gasteiger partial charge in [-0.15, -0.1) is 0 Å². The Bertz CT molecular complexity index is 717. The molecule has 102 valence electrons. The van der Waals surface area contributed by atoms with E-state index in [0.717, 1.165) is 6.07 Å². The lowest BCUT2D eigenvalue weighted by atomic mass is 10.1. The Morgan fingerprint density at radius 2 is 1.75 bits per heavy atom. The molecule has 1 aromatic heterocycles. The molecule has 20 heavy (non-hydrogen) atoms. The van der Waals surface area contributed by atoms with Gasteiger partial charge >= 0.3 is 5.69 Å². The number of nitro benzene ring substituents is 1. The van der Waals surface area contributed by atoms with E-state index < -0.39 is 21.4 Å². The summed E-state index contributed by atoms with van der Waals surface area (Å²) in [5, 5.41) is 21.7. The number of hydrogen-bond donors (Lipinski definition) is 2. The fourth-order valence-electron chi connectivity index (χ4n) is 1.64. The van der Waals surface area contributed by atoms with E-state index in [-0.39, 0.29) is 22.9 Å². The molecule has 0 saturated heterocycles. The molecule has 10 heteroatoms. The minimum Gasteiger partial charge on any atom is -0.378 e. The molecule has 0 bridgehead atoms. The molecule has 0 fully saturated rings. The molecule has 10 nitrogen and oxygen atoms in total.